The molecule has 0 aromatic heterocycles. The predicted molar refractivity (Wildman–Crippen MR) is 62.0 cm³/mol. The lowest BCUT2D eigenvalue weighted by atomic mass is 10.2. The molecule has 1 rings (SSSR count). The van der Waals surface area contributed by atoms with E-state index in [0.29, 0.717) is 0 Å². The molecular weight excluding hydrogens is 196 g/mol. The van der Waals surface area contributed by atoms with Crippen molar-refractivity contribution in [2.45, 2.75) is 13.3 Å². The first-order chi connectivity index (χ1) is 6.68. The van der Waals surface area contributed by atoms with Crippen LogP contribution in [0.3, 0.4) is 0 Å². The van der Waals surface area contributed by atoms with Gasteiger partial charge in [-0.1, -0.05) is 6.92 Å². The highest BCUT2D eigenvalue weighted by molar-refractivity contribution is 7.84. The van der Waals surface area contributed by atoms with Crippen molar-refractivity contribution in [3.8, 4) is 0 Å². The standard InChI is InChI=1S/C10H22N2OS/c1-10-8-11-4-6-12(9-10)5-3-7-14(2)13/h10-11H,3-9H2,1-2H3. The smallest absolute Gasteiger partial charge is 0.0244 e. The lowest BCUT2D eigenvalue weighted by Gasteiger charge is -2.21. The molecule has 1 aliphatic rings. The monoisotopic (exact) mass is 218 g/mol. The Morgan fingerprint density at radius 3 is 3.07 bits per heavy atom. The number of hydrogen-bond donors (Lipinski definition) is 1. The minimum Gasteiger partial charge on any atom is -0.315 e. The second-order valence-corrected chi connectivity index (χ2v) is 5.80. The fraction of sp³-hybridized carbons (Fsp3) is 1.00. The molecule has 2 unspecified atom stereocenters. The Labute approximate surface area is 89.7 Å². The highest BCUT2D eigenvalue weighted by Crippen LogP contribution is 2.03. The number of rotatable bonds is 4. The molecular formula is C10H22N2OS. The van der Waals surface area contributed by atoms with E-state index in [2.05, 4.69) is 17.1 Å². The zero-order valence-corrected chi connectivity index (χ0v) is 10.1. The molecule has 0 radical (unpaired) electrons. The molecule has 0 amide bonds. The molecule has 0 bridgehead atoms. The van der Waals surface area contributed by atoms with Crippen molar-refractivity contribution < 1.29 is 4.21 Å². The fourth-order valence-corrected chi connectivity index (χ4v) is 2.41. The van der Waals surface area contributed by atoms with Crippen LogP contribution in [-0.4, -0.2) is 53.8 Å². The number of nitrogens with one attached hydrogen (secondary N) is 1. The van der Waals surface area contributed by atoms with E-state index in [1.807, 2.05) is 0 Å². The van der Waals surface area contributed by atoms with Crippen molar-refractivity contribution in [1.82, 2.24) is 10.2 Å². The Kier molecular flexibility index (Phi) is 5.67. The Morgan fingerprint density at radius 1 is 1.57 bits per heavy atom. The zero-order valence-electron chi connectivity index (χ0n) is 9.29. The third kappa shape index (κ3) is 5.08. The zero-order chi connectivity index (χ0) is 10.4. The molecule has 1 fully saturated rings. The number of nitrogens with zero attached hydrogens (tertiary/aromatic N) is 1. The minimum atomic E-state index is -0.625. The van der Waals surface area contributed by atoms with Crippen LogP contribution in [-0.2, 0) is 10.8 Å². The fourth-order valence-electron chi connectivity index (χ4n) is 1.88. The minimum absolute atomic E-state index is 0.625. The Bertz CT molecular complexity index is 187. The van der Waals surface area contributed by atoms with Crippen molar-refractivity contribution >= 4 is 10.8 Å². The molecule has 0 spiro atoms. The van der Waals surface area contributed by atoms with E-state index in [4.69, 9.17) is 0 Å². The van der Waals surface area contributed by atoms with Crippen LogP contribution in [0.1, 0.15) is 13.3 Å². The largest absolute Gasteiger partial charge is 0.315 e. The van der Waals surface area contributed by atoms with Gasteiger partial charge in [0.25, 0.3) is 0 Å². The van der Waals surface area contributed by atoms with E-state index in [9.17, 15) is 4.21 Å². The molecule has 3 nitrogen and oxygen atoms in total. The predicted octanol–water partition coefficient (Wildman–Crippen LogP) is 0.296. The van der Waals surface area contributed by atoms with E-state index in [1.54, 1.807) is 6.26 Å². The molecule has 2 atom stereocenters. The van der Waals surface area contributed by atoms with Crippen molar-refractivity contribution in [2.75, 3.05) is 44.7 Å². The van der Waals surface area contributed by atoms with Crippen molar-refractivity contribution in [2.24, 2.45) is 5.92 Å². The first kappa shape index (κ1) is 12.1. The van der Waals surface area contributed by atoms with Gasteiger partial charge in [0.15, 0.2) is 0 Å². The van der Waals surface area contributed by atoms with Gasteiger partial charge in [-0.3, -0.25) is 4.21 Å². The molecule has 0 aromatic rings. The second-order valence-electron chi connectivity index (χ2n) is 4.24. The molecule has 0 aromatic carbocycles. The topological polar surface area (TPSA) is 32.3 Å². The quantitative estimate of drug-likeness (QED) is 0.736. The summed E-state index contributed by atoms with van der Waals surface area (Å²) in [5, 5.41) is 3.42. The van der Waals surface area contributed by atoms with Gasteiger partial charge >= 0.3 is 0 Å². The normalized spacial score (nSPS) is 27.1. The van der Waals surface area contributed by atoms with Crippen LogP contribution in [0.25, 0.3) is 0 Å². The third-order valence-corrected chi connectivity index (χ3v) is 3.44. The summed E-state index contributed by atoms with van der Waals surface area (Å²) < 4.78 is 10.9. The summed E-state index contributed by atoms with van der Waals surface area (Å²) in [6.45, 7) is 7.94. The van der Waals surface area contributed by atoms with Crippen molar-refractivity contribution in [1.29, 1.82) is 0 Å². The molecule has 1 aliphatic heterocycles. The van der Waals surface area contributed by atoms with Crippen LogP contribution >= 0.6 is 0 Å². The van der Waals surface area contributed by atoms with Crippen molar-refractivity contribution in [3.63, 3.8) is 0 Å². The molecule has 0 saturated carbocycles. The van der Waals surface area contributed by atoms with Crippen LogP contribution in [0.4, 0.5) is 0 Å². The first-order valence-corrected chi connectivity index (χ1v) is 7.14. The van der Waals surface area contributed by atoms with Crippen LogP contribution in [0, 0.1) is 5.92 Å². The Hall–Kier alpha value is 0.0700. The molecule has 14 heavy (non-hydrogen) atoms. The highest BCUT2D eigenvalue weighted by Gasteiger charge is 2.13. The van der Waals surface area contributed by atoms with Gasteiger partial charge in [0.2, 0.25) is 0 Å². The van der Waals surface area contributed by atoms with E-state index < -0.39 is 10.8 Å². The molecule has 84 valence electrons. The average Bonchev–Trinajstić information content (AvgIpc) is 2.29. The van der Waals surface area contributed by atoms with E-state index in [0.717, 1.165) is 44.3 Å². The summed E-state index contributed by atoms with van der Waals surface area (Å²) in [5.41, 5.74) is 0. The lowest BCUT2D eigenvalue weighted by Crippen LogP contribution is -2.31. The molecule has 4 heteroatoms. The maximum Gasteiger partial charge on any atom is 0.0244 e. The molecule has 1 heterocycles. The van der Waals surface area contributed by atoms with Gasteiger partial charge in [0, 0.05) is 42.4 Å². The number of hydrogen-bond acceptors (Lipinski definition) is 3. The summed E-state index contributed by atoms with van der Waals surface area (Å²) in [6.07, 6.45) is 2.85. The van der Waals surface area contributed by atoms with Gasteiger partial charge in [-0.25, -0.2) is 0 Å². The maximum atomic E-state index is 10.9. The Morgan fingerprint density at radius 2 is 2.36 bits per heavy atom. The first-order valence-electron chi connectivity index (χ1n) is 5.41. The summed E-state index contributed by atoms with van der Waals surface area (Å²) >= 11 is 0. The summed E-state index contributed by atoms with van der Waals surface area (Å²) in [5.74, 6) is 1.59. The van der Waals surface area contributed by atoms with Crippen LogP contribution in [0.15, 0.2) is 0 Å². The van der Waals surface area contributed by atoms with E-state index >= 15 is 0 Å². The van der Waals surface area contributed by atoms with Gasteiger partial charge in [0.05, 0.1) is 0 Å². The molecule has 1 saturated heterocycles. The van der Waals surface area contributed by atoms with Gasteiger partial charge in [-0.2, -0.15) is 0 Å². The molecule has 0 aliphatic carbocycles. The average molecular weight is 218 g/mol. The van der Waals surface area contributed by atoms with Gasteiger partial charge in [0.1, 0.15) is 0 Å². The summed E-state index contributed by atoms with van der Waals surface area (Å²) in [7, 11) is -0.625. The maximum absolute atomic E-state index is 10.9. The van der Waals surface area contributed by atoms with Crippen LogP contribution in [0.2, 0.25) is 0 Å². The van der Waals surface area contributed by atoms with Crippen molar-refractivity contribution in [3.05, 3.63) is 0 Å². The SMILES string of the molecule is CC1CNCCN(CCCS(C)=O)C1. The van der Waals surface area contributed by atoms with E-state index in [-0.39, 0.29) is 0 Å². The Balaban J connectivity index is 2.18. The summed E-state index contributed by atoms with van der Waals surface area (Å²) in [4.78, 5) is 2.48. The van der Waals surface area contributed by atoms with Crippen LogP contribution < -0.4 is 5.32 Å². The summed E-state index contributed by atoms with van der Waals surface area (Å²) in [6, 6.07) is 0. The van der Waals surface area contributed by atoms with Gasteiger partial charge in [-0.15, -0.1) is 0 Å². The van der Waals surface area contributed by atoms with Gasteiger partial charge < -0.3 is 10.2 Å². The van der Waals surface area contributed by atoms with Crippen LogP contribution in [0.5, 0.6) is 0 Å². The highest BCUT2D eigenvalue weighted by atomic mass is 32.2. The van der Waals surface area contributed by atoms with Gasteiger partial charge in [-0.05, 0) is 25.4 Å². The van der Waals surface area contributed by atoms with E-state index in [1.165, 1.54) is 6.54 Å². The lowest BCUT2D eigenvalue weighted by molar-refractivity contribution is 0.266. The second kappa shape index (κ2) is 6.53. The third-order valence-electron chi connectivity index (χ3n) is 2.57. The molecule has 1 N–H and O–H groups in total.